The lowest BCUT2D eigenvalue weighted by Crippen LogP contribution is -2.05. The first-order valence-corrected chi connectivity index (χ1v) is 10.6. The predicted octanol–water partition coefficient (Wildman–Crippen LogP) is 7.38. The molecule has 0 bridgehead atoms. The van der Waals surface area contributed by atoms with Crippen LogP contribution in [0, 0.1) is 5.82 Å². The normalized spacial score (nSPS) is 10.6. The van der Waals surface area contributed by atoms with Crippen LogP contribution >= 0.6 is 34.8 Å². The molecule has 0 aromatic heterocycles. The summed E-state index contributed by atoms with van der Waals surface area (Å²) in [6.07, 6.45) is 0. The van der Waals surface area contributed by atoms with Crippen molar-refractivity contribution in [3.63, 3.8) is 0 Å². The third-order valence-corrected chi connectivity index (χ3v) is 5.37. The van der Waals surface area contributed by atoms with E-state index in [-0.39, 0.29) is 17.2 Å². The molecule has 0 amide bonds. The van der Waals surface area contributed by atoms with Crippen molar-refractivity contribution in [2.24, 2.45) is 0 Å². The van der Waals surface area contributed by atoms with Crippen LogP contribution in [-0.4, -0.2) is 13.7 Å². The van der Waals surface area contributed by atoms with Crippen LogP contribution in [0.4, 0.5) is 10.1 Å². The van der Waals surface area contributed by atoms with E-state index in [9.17, 15) is 4.39 Å². The van der Waals surface area contributed by atoms with E-state index in [0.717, 1.165) is 11.3 Å². The zero-order valence-electron chi connectivity index (χ0n) is 17.0. The zero-order chi connectivity index (χ0) is 22.4. The summed E-state index contributed by atoms with van der Waals surface area (Å²) in [5, 5.41) is 4.43. The summed E-state index contributed by atoms with van der Waals surface area (Å²) in [4.78, 5) is 0. The van der Waals surface area contributed by atoms with Gasteiger partial charge in [0.15, 0.2) is 11.5 Å². The molecular formula is C23H21Cl3FNO3. The van der Waals surface area contributed by atoms with E-state index >= 15 is 0 Å². The lowest BCUT2D eigenvalue weighted by atomic mass is 10.2. The maximum absolute atomic E-state index is 14.0. The fourth-order valence-corrected chi connectivity index (χ4v) is 3.68. The van der Waals surface area contributed by atoms with Crippen molar-refractivity contribution in [2.45, 2.75) is 20.1 Å². The van der Waals surface area contributed by atoms with Gasteiger partial charge in [-0.3, -0.25) is 0 Å². The van der Waals surface area contributed by atoms with Gasteiger partial charge in [-0.15, -0.1) is 0 Å². The van der Waals surface area contributed by atoms with Crippen LogP contribution in [0.2, 0.25) is 15.1 Å². The Bertz CT molecular complexity index is 1040. The van der Waals surface area contributed by atoms with Gasteiger partial charge in [-0.25, -0.2) is 4.39 Å². The van der Waals surface area contributed by atoms with Crippen LogP contribution in [-0.2, 0) is 13.2 Å². The van der Waals surface area contributed by atoms with E-state index in [0.29, 0.717) is 40.4 Å². The minimum absolute atomic E-state index is 0.0761. The summed E-state index contributed by atoms with van der Waals surface area (Å²) in [6.45, 7) is 2.67. The standard InChI is InChI=1S/C23H21Cl3FNO3/c1-3-30-22-10-14(12-28-15-7-8-21(29-2)18(25)11-15)9-19(26)23(22)31-13-16-17(24)5-4-6-20(16)27/h4-11,28H,3,12-13H2,1-2H3. The van der Waals surface area contributed by atoms with Crippen molar-refractivity contribution in [2.75, 3.05) is 19.0 Å². The Labute approximate surface area is 195 Å². The number of halogens is 4. The molecule has 0 saturated heterocycles. The Morgan fingerprint density at radius 2 is 1.71 bits per heavy atom. The Morgan fingerprint density at radius 3 is 2.39 bits per heavy atom. The smallest absolute Gasteiger partial charge is 0.180 e. The van der Waals surface area contributed by atoms with Crippen LogP contribution < -0.4 is 19.5 Å². The molecule has 3 aromatic carbocycles. The lowest BCUT2D eigenvalue weighted by molar-refractivity contribution is 0.266. The van der Waals surface area contributed by atoms with Gasteiger partial charge in [0, 0.05) is 17.8 Å². The number of nitrogens with one attached hydrogen (secondary N) is 1. The third kappa shape index (κ3) is 5.88. The fraction of sp³-hybridized carbons (Fsp3) is 0.217. The van der Waals surface area contributed by atoms with E-state index in [4.69, 9.17) is 49.0 Å². The molecule has 8 heteroatoms. The SMILES string of the molecule is CCOc1cc(CNc2ccc(OC)c(Cl)c2)cc(Cl)c1OCc1c(F)cccc1Cl. The average molecular weight is 485 g/mol. The first-order chi connectivity index (χ1) is 14.9. The van der Waals surface area contributed by atoms with Crippen LogP contribution in [0.1, 0.15) is 18.1 Å². The van der Waals surface area contributed by atoms with Gasteiger partial charge in [-0.2, -0.15) is 0 Å². The van der Waals surface area contributed by atoms with Gasteiger partial charge in [0.2, 0.25) is 0 Å². The van der Waals surface area contributed by atoms with Crippen LogP contribution in [0.3, 0.4) is 0 Å². The maximum Gasteiger partial charge on any atom is 0.180 e. The van der Waals surface area contributed by atoms with E-state index in [2.05, 4.69) is 5.32 Å². The van der Waals surface area contributed by atoms with Crippen molar-refractivity contribution in [1.29, 1.82) is 0 Å². The van der Waals surface area contributed by atoms with Gasteiger partial charge in [0.25, 0.3) is 0 Å². The first kappa shape index (κ1) is 23.3. The monoisotopic (exact) mass is 483 g/mol. The van der Waals surface area contributed by atoms with Gasteiger partial charge in [0.1, 0.15) is 18.2 Å². The summed E-state index contributed by atoms with van der Waals surface area (Å²) in [5.74, 6) is 0.956. The van der Waals surface area contributed by atoms with E-state index in [1.165, 1.54) is 12.1 Å². The highest BCUT2D eigenvalue weighted by atomic mass is 35.5. The van der Waals surface area contributed by atoms with Gasteiger partial charge in [0.05, 0.1) is 28.8 Å². The number of rotatable bonds is 9. The molecule has 0 fully saturated rings. The maximum atomic E-state index is 14.0. The number of hydrogen-bond acceptors (Lipinski definition) is 4. The summed E-state index contributed by atoms with van der Waals surface area (Å²) >= 11 is 18.7. The van der Waals surface area contributed by atoms with Crippen LogP contribution in [0.5, 0.6) is 17.2 Å². The van der Waals surface area contributed by atoms with Crippen molar-refractivity contribution in [3.8, 4) is 17.2 Å². The molecule has 0 heterocycles. The second kappa shape index (κ2) is 10.8. The summed E-state index contributed by atoms with van der Waals surface area (Å²) in [5.41, 5.74) is 1.95. The number of methoxy groups -OCH3 is 1. The summed E-state index contributed by atoms with van der Waals surface area (Å²) < 4.78 is 30.7. The van der Waals surface area contributed by atoms with Crippen molar-refractivity contribution in [3.05, 3.63) is 80.5 Å². The van der Waals surface area contributed by atoms with Crippen LogP contribution in [0.25, 0.3) is 0 Å². The van der Waals surface area contributed by atoms with Gasteiger partial charge < -0.3 is 19.5 Å². The topological polar surface area (TPSA) is 39.7 Å². The highest BCUT2D eigenvalue weighted by Crippen LogP contribution is 2.38. The minimum Gasteiger partial charge on any atom is -0.495 e. The summed E-state index contributed by atoms with van der Waals surface area (Å²) in [7, 11) is 1.56. The highest BCUT2D eigenvalue weighted by molar-refractivity contribution is 6.32. The van der Waals surface area contributed by atoms with Crippen LogP contribution in [0.15, 0.2) is 48.5 Å². The lowest BCUT2D eigenvalue weighted by Gasteiger charge is -2.16. The summed E-state index contributed by atoms with van der Waals surface area (Å²) in [6, 6.07) is 13.5. The molecule has 0 unspecified atom stereocenters. The molecular weight excluding hydrogens is 464 g/mol. The Hall–Kier alpha value is -2.34. The third-order valence-electron chi connectivity index (χ3n) is 4.44. The second-order valence-electron chi connectivity index (χ2n) is 6.53. The van der Waals surface area contributed by atoms with Gasteiger partial charge in [-0.05, 0) is 55.0 Å². The molecule has 0 atom stereocenters. The predicted molar refractivity (Wildman–Crippen MR) is 124 cm³/mol. The quantitative estimate of drug-likeness (QED) is 0.344. The molecule has 0 aliphatic carbocycles. The molecule has 3 aromatic rings. The molecule has 1 N–H and O–H groups in total. The van der Waals surface area contributed by atoms with E-state index in [1.807, 2.05) is 19.1 Å². The molecule has 0 radical (unpaired) electrons. The van der Waals surface area contributed by atoms with E-state index < -0.39 is 5.82 Å². The number of benzene rings is 3. The number of hydrogen-bond donors (Lipinski definition) is 1. The fourth-order valence-electron chi connectivity index (χ4n) is 2.92. The molecule has 0 aliphatic rings. The second-order valence-corrected chi connectivity index (χ2v) is 7.75. The minimum atomic E-state index is -0.444. The molecule has 4 nitrogen and oxygen atoms in total. The number of anilines is 1. The largest absolute Gasteiger partial charge is 0.495 e. The van der Waals surface area contributed by atoms with Crippen molar-refractivity contribution < 1.29 is 18.6 Å². The molecule has 0 saturated carbocycles. The first-order valence-electron chi connectivity index (χ1n) is 9.51. The average Bonchev–Trinajstić information content (AvgIpc) is 2.73. The highest BCUT2D eigenvalue weighted by Gasteiger charge is 2.15. The molecule has 31 heavy (non-hydrogen) atoms. The van der Waals surface area contributed by atoms with Gasteiger partial charge in [-0.1, -0.05) is 40.9 Å². The Morgan fingerprint density at radius 1 is 0.903 bits per heavy atom. The zero-order valence-corrected chi connectivity index (χ0v) is 19.2. The van der Waals surface area contributed by atoms with Gasteiger partial charge >= 0.3 is 0 Å². The molecule has 0 spiro atoms. The van der Waals surface area contributed by atoms with Crippen molar-refractivity contribution in [1.82, 2.24) is 0 Å². The Balaban J connectivity index is 1.77. The Kier molecular flexibility index (Phi) is 8.13. The van der Waals surface area contributed by atoms with E-state index in [1.54, 1.807) is 31.4 Å². The number of ether oxygens (including phenoxy) is 3. The van der Waals surface area contributed by atoms with Crippen molar-refractivity contribution >= 4 is 40.5 Å². The molecule has 164 valence electrons. The molecule has 0 aliphatic heterocycles. The molecule has 3 rings (SSSR count).